The first-order valence-electron chi connectivity index (χ1n) is 10.9. The lowest BCUT2D eigenvalue weighted by Gasteiger charge is -2.43. The van der Waals surface area contributed by atoms with Gasteiger partial charge in [-0.3, -0.25) is 0 Å². The molecule has 2 unspecified atom stereocenters. The molecule has 0 aliphatic heterocycles. The number of fused-ring (bicyclic) bond motifs is 5. The van der Waals surface area contributed by atoms with E-state index in [9.17, 15) is 5.11 Å². The summed E-state index contributed by atoms with van der Waals surface area (Å²) in [4.78, 5) is 0. The molecule has 2 saturated carbocycles. The molecule has 0 spiro atoms. The highest BCUT2D eigenvalue weighted by Gasteiger charge is 2.68. The first kappa shape index (κ1) is 22.0. The van der Waals surface area contributed by atoms with Gasteiger partial charge in [0.1, 0.15) is 0 Å². The zero-order chi connectivity index (χ0) is 20.3. The zero-order valence-electron chi connectivity index (χ0n) is 17.9. The molecule has 28 heavy (non-hydrogen) atoms. The van der Waals surface area contributed by atoms with Crippen molar-refractivity contribution in [2.24, 2.45) is 35.0 Å². The van der Waals surface area contributed by atoms with Crippen LogP contribution in [-0.4, -0.2) is 50.2 Å². The van der Waals surface area contributed by atoms with Crippen molar-refractivity contribution >= 4 is 0 Å². The lowest BCUT2D eigenvalue weighted by atomic mass is 9.65. The number of ether oxygens (including phenoxy) is 4. The molecular formula is C23H38O5. The van der Waals surface area contributed by atoms with Gasteiger partial charge in [-0.1, -0.05) is 18.2 Å². The summed E-state index contributed by atoms with van der Waals surface area (Å²) >= 11 is 0. The summed E-state index contributed by atoms with van der Waals surface area (Å²) < 4.78 is 23.5. The van der Waals surface area contributed by atoms with Crippen LogP contribution >= 0.6 is 0 Å². The first-order valence-corrected chi connectivity index (χ1v) is 10.9. The van der Waals surface area contributed by atoms with Crippen LogP contribution in [0.25, 0.3) is 0 Å². The third-order valence-corrected chi connectivity index (χ3v) is 7.22. The standard InChI is InChI=1S/C23H38O5/c1-6-9-19-20(13-27-15(4)25-7-2)23(14-28-16(5)26-8-3)18-11-10-17(12-18)21(23)22(19)24/h6,10-11,15-22,24H,1,7-9,12-14H2,2-5H3/t15?,16?,17-,18+,19-,20+,21+,22+,23-/m1/s1. The number of aliphatic hydroxyl groups is 1. The predicted molar refractivity (Wildman–Crippen MR) is 109 cm³/mol. The van der Waals surface area contributed by atoms with Crippen molar-refractivity contribution in [2.45, 2.75) is 59.2 Å². The van der Waals surface area contributed by atoms with Gasteiger partial charge in [-0.05, 0) is 64.2 Å². The van der Waals surface area contributed by atoms with Crippen molar-refractivity contribution in [3.63, 3.8) is 0 Å². The maximum absolute atomic E-state index is 11.3. The molecule has 2 fully saturated rings. The summed E-state index contributed by atoms with van der Waals surface area (Å²) in [6, 6.07) is 0. The molecule has 1 N–H and O–H groups in total. The second-order valence-electron chi connectivity index (χ2n) is 8.50. The Morgan fingerprint density at radius 3 is 2.43 bits per heavy atom. The van der Waals surface area contributed by atoms with Crippen LogP contribution < -0.4 is 0 Å². The Labute approximate surface area is 170 Å². The van der Waals surface area contributed by atoms with E-state index in [0.29, 0.717) is 38.3 Å². The van der Waals surface area contributed by atoms with Crippen LogP contribution in [0.2, 0.25) is 0 Å². The zero-order valence-corrected chi connectivity index (χ0v) is 17.9. The van der Waals surface area contributed by atoms with E-state index in [2.05, 4.69) is 18.7 Å². The van der Waals surface area contributed by atoms with Crippen LogP contribution in [0.1, 0.15) is 40.5 Å². The molecule has 0 aromatic carbocycles. The smallest absolute Gasteiger partial charge is 0.154 e. The van der Waals surface area contributed by atoms with E-state index in [4.69, 9.17) is 18.9 Å². The Morgan fingerprint density at radius 2 is 1.79 bits per heavy atom. The van der Waals surface area contributed by atoms with E-state index in [1.54, 1.807) is 0 Å². The predicted octanol–water partition coefficient (Wildman–Crippen LogP) is 3.78. The Balaban J connectivity index is 1.86. The summed E-state index contributed by atoms with van der Waals surface area (Å²) in [5, 5.41) is 11.3. The van der Waals surface area contributed by atoms with Crippen LogP contribution in [0.15, 0.2) is 24.8 Å². The van der Waals surface area contributed by atoms with Crippen molar-refractivity contribution in [3.8, 4) is 0 Å². The normalized spacial score (nSPS) is 40.6. The van der Waals surface area contributed by atoms with E-state index in [1.165, 1.54) is 0 Å². The Hall–Kier alpha value is -0.720. The summed E-state index contributed by atoms with van der Waals surface area (Å²) in [5.74, 6) is 1.37. The minimum Gasteiger partial charge on any atom is -0.392 e. The first-order chi connectivity index (χ1) is 13.5. The maximum Gasteiger partial charge on any atom is 0.154 e. The average Bonchev–Trinajstić information content (AvgIpc) is 3.31. The SMILES string of the molecule is C=CC[C@H]1[C@H](O)[C@@H]2[C@@H]3C=C[C@@H](C3)[C@]2(COC(C)OCC)[C@H]1COC(C)OCC. The topological polar surface area (TPSA) is 57.2 Å². The van der Waals surface area contributed by atoms with Crippen LogP contribution in [0.3, 0.4) is 0 Å². The van der Waals surface area contributed by atoms with Gasteiger partial charge in [-0.15, -0.1) is 6.58 Å². The van der Waals surface area contributed by atoms with Gasteiger partial charge in [0.15, 0.2) is 12.6 Å². The van der Waals surface area contributed by atoms with Crippen LogP contribution in [0.4, 0.5) is 0 Å². The lowest BCUT2D eigenvalue weighted by molar-refractivity contribution is -0.180. The van der Waals surface area contributed by atoms with Gasteiger partial charge in [0.05, 0.1) is 19.3 Å². The summed E-state index contributed by atoms with van der Waals surface area (Å²) in [7, 11) is 0. The fraction of sp³-hybridized carbons (Fsp3) is 0.826. The number of hydrogen-bond acceptors (Lipinski definition) is 5. The van der Waals surface area contributed by atoms with Gasteiger partial charge in [-0.25, -0.2) is 0 Å². The number of rotatable bonds is 12. The molecular weight excluding hydrogens is 356 g/mol. The quantitative estimate of drug-likeness (QED) is 0.403. The molecule has 160 valence electrons. The molecule has 0 aromatic heterocycles. The number of allylic oxidation sites excluding steroid dienone is 3. The van der Waals surface area contributed by atoms with Crippen molar-refractivity contribution < 1.29 is 24.1 Å². The molecule has 9 atom stereocenters. The number of aliphatic hydroxyl groups excluding tert-OH is 1. The molecule has 5 heteroatoms. The van der Waals surface area contributed by atoms with E-state index >= 15 is 0 Å². The third-order valence-electron chi connectivity index (χ3n) is 7.22. The molecule has 5 nitrogen and oxygen atoms in total. The van der Waals surface area contributed by atoms with E-state index in [0.717, 1.165) is 12.8 Å². The van der Waals surface area contributed by atoms with Gasteiger partial charge in [-0.2, -0.15) is 0 Å². The van der Waals surface area contributed by atoms with Crippen LogP contribution in [0, 0.1) is 35.0 Å². The fourth-order valence-electron chi connectivity index (χ4n) is 6.19. The summed E-state index contributed by atoms with van der Waals surface area (Å²) in [6.45, 7) is 14.2. The van der Waals surface area contributed by atoms with Crippen molar-refractivity contribution in [1.29, 1.82) is 0 Å². The van der Waals surface area contributed by atoms with Gasteiger partial charge >= 0.3 is 0 Å². The van der Waals surface area contributed by atoms with E-state index in [1.807, 2.05) is 33.8 Å². The third kappa shape index (κ3) is 3.84. The highest BCUT2D eigenvalue weighted by atomic mass is 16.7. The second-order valence-corrected chi connectivity index (χ2v) is 8.50. The average molecular weight is 395 g/mol. The summed E-state index contributed by atoms with van der Waals surface area (Å²) in [5.41, 5.74) is -0.121. The molecule has 3 rings (SSSR count). The van der Waals surface area contributed by atoms with Crippen molar-refractivity contribution in [3.05, 3.63) is 24.8 Å². The second kappa shape index (κ2) is 9.40. The molecule has 3 aliphatic rings. The Morgan fingerprint density at radius 1 is 1.11 bits per heavy atom. The molecule has 0 amide bonds. The molecule has 0 aromatic rings. The molecule has 2 bridgehead atoms. The van der Waals surface area contributed by atoms with Crippen molar-refractivity contribution in [2.75, 3.05) is 26.4 Å². The van der Waals surface area contributed by atoms with Crippen LogP contribution in [-0.2, 0) is 18.9 Å². The highest BCUT2D eigenvalue weighted by molar-refractivity contribution is 5.26. The Kier molecular flexibility index (Phi) is 7.37. The van der Waals surface area contributed by atoms with Gasteiger partial charge in [0.2, 0.25) is 0 Å². The fourth-order valence-corrected chi connectivity index (χ4v) is 6.19. The van der Waals surface area contributed by atoms with E-state index in [-0.39, 0.29) is 41.9 Å². The monoisotopic (exact) mass is 394 g/mol. The molecule has 0 heterocycles. The largest absolute Gasteiger partial charge is 0.392 e. The summed E-state index contributed by atoms with van der Waals surface area (Å²) in [6.07, 6.45) is 7.62. The Bertz CT molecular complexity index is 549. The lowest BCUT2D eigenvalue weighted by Crippen LogP contribution is -2.45. The number of hydrogen-bond donors (Lipinski definition) is 1. The van der Waals surface area contributed by atoms with Crippen molar-refractivity contribution in [1.82, 2.24) is 0 Å². The molecule has 0 radical (unpaired) electrons. The maximum atomic E-state index is 11.3. The van der Waals surface area contributed by atoms with Gasteiger partial charge in [0.25, 0.3) is 0 Å². The van der Waals surface area contributed by atoms with Gasteiger partial charge in [0, 0.05) is 24.5 Å². The molecule has 3 aliphatic carbocycles. The van der Waals surface area contributed by atoms with Crippen LogP contribution in [0.5, 0.6) is 0 Å². The van der Waals surface area contributed by atoms with Gasteiger partial charge < -0.3 is 24.1 Å². The highest BCUT2D eigenvalue weighted by Crippen LogP contribution is 2.68. The minimum absolute atomic E-state index is 0.121. The molecule has 0 saturated heterocycles. The van der Waals surface area contributed by atoms with E-state index < -0.39 is 0 Å². The minimum atomic E-state index is -0.361.